The Bertz CT molecular complexity index is 697. The van der Waals surface area contributed by atoms with Gasteiger partial charge in [0.05, 0.1) is 18.2 Å². The smallest absolute Gasteiger partial charge is 0.251 e. The number of nitrogens with zero attached hydrogens (tertiary/aromatic N) is 1. The molecule has 1 aromatic rings. The number of ether oxygens (including phenoxy) is 3. The summed E-state index contributed by atoms with van der Waals surface area (Å²) in [5.74, 6) is 1.00. The molecule has 6 nitrogen and oxygen atoms in total. The van der Waals surface area contributed by atoms with Crippen LogP contribution < -0.4 is 14.8 Å². The van der Waals surface area contributed by atoms with Crippen LogP contribution in [0.5, 0.6) is 11.5 Å². The summed E-state index contributed by atoms with van der Waals surface area (Å²) in [5.41, 5.74) is 0.514. The number of carbonyl (C=O) groups excluding carboxylic acids is 1. The van der Waals surface area contributed by atoms with Crippen molar-refractivity contribution >= 4 is 11.6 Å². The molecule has 1 spiro atoms. The van der Waals surface area contributed by atoms with E-state index in [0.29, 0.717) is 6.54 Å². The molecule has 3 aliphatic rings. The normalized spacial score (nSPS) is 26.2. The number of rotatable bonds is 3. The molecule has 1 atom stereocenters. The zero-order valence-electron chi connectivity index (χ0n) is 15.8. The van der Waals surface area contributed by atoms with Gasteiger partial charge in [0.15, 0.2) is 11.5 Å². The third kappa shape index (κ3) is 3.67. The number of anilines is 1. The van der Waals surface area contributed by atoms with Gasteiger partial charge in [-0.1, -0.05) is 0 Å². The SMILES string of the molecule is CC1CN(CC(=O)Nc2ccc3c(c2)OC2(CCCC2)O3)CC(C)(C)O1. The Morgan fingerprint density at radius 3 is 2.69 bits per heavy atom. The van der Waals surface area contributed by atoms with E-state index in [1.165, 1.54) is 0 Å². The van der Waals surface area contributed by atoms with E-state index in [-0.39, 0.29) is 17.6 Å². The maximum atomic E-state index is 12.5. The van der Waals surface area contributed by atoms with Gasteiger partial charge in [-0.3, -0.25) is 9.69 Å². The first-order valence-corrected chi connectivity index (χ1v) is 9.55. The molecule has 2 fully saturated rings. The standard InChI is InChI=1S/C20H28N2O4/c1-14-11-22(13-19(2,3)24-14)12-18(23)21-15-6-7-16-17(10-15)26-20(25-16)8-4-5-9-20/h6-7,10,14H,4-5,8-9,11-13H2,1-3H3,(H,21,23). The first-order valence-electron chi connectivity index (χ1n) is 9.55. The summed E-state index contributed by atoms with van der Waals surface area (Å²) >= 11 is 0. The van der Waals surface area contributed by atoms with Crippen LogP contribution in [0, 0.1) is 0 Å². The molecule has 4 rings (SSSR count). The summed E-state index contributed by atoms with van der Waals surface area (Å²) in [7, 11) is 0. The van der Waals surface area contributed by atoms with Gasteiger partial charge < -0.3 is 19.5 Å². The molecule has 1 unspecified atom stereocenters. The van der Waals surface area contributed by atoms with E-state index in [4.69, 9.17) is 14.2 Å². The molecular formula is C20H28N2O4. The number of nitrogens with one attached hydrogen (secondary N) is 1. The van der Waals surface area contributed by atoms with Gasteiger partial charge >= 0.3 is 0 Å². The van der Waals surface area contributed by atoms with Gasteiger partial charge in [-0.25, -0.2) is 0 Å². The van der Waals surface area contributed by atoms with Crippen LogP contribution in [0.3, 0.4) is 0 Å². The van der Waals surface area contributed by atoms with Crippen molar-refractivity contribution < 1.29 is 19.0 Å². The van der Waals surface area contributed by atoms with Crippen LogP contribution in [-0.2, 0) is 9.53 Å². The van der Waals surface area contributed by atoms with Crippen LogP contribution in [0.15, 0.2) is 18.2 Å². The number of amides is 1. The first kappa shape index (κ1) is 17.6. The summed E-state index contributed by atoms with van der Waals surface area (Å²) in [6, 6.07) is 5.63. The Labute approximate surface area is 154 Å². The third-order valence-electron chi connectivity index (χ3n) is 5.19. The molecular weight excluding hydrogens is 332 g/mol. The van der Waals surface area contributed by atoms with Crippen molar-refractivity contribution in [1.29, 1.82) is 0 Å². The molecule has 0 bridgehead atoms. The summed E-state index contributed by atoms with van der Waals surface area (Å²) < 4.78 is 18.0. The van der Waals surface area contributed by atoms with Crippen molar-refractivity contribution in [3.05, 3.63) is 18.2 Å². The van der Waals surface area contributed by atoms with Gasteiger partial charge in [-0.15, -0.1) is 0 Å². The van der Waals surface area contributed by atoms with Crippen molar-refractivity contribution in [3.63, 3.8) is 0 Å². The van der Waals surface area contributed by atoms with Gasteiger partial charge in [0.2, 0.25) is 5.91 Å². The minimum atomic E-state index is -0.472. The zero-order valence-corrected chi connectivity index (χ0v) is 15.8. The van der Waals surface area contributed by atoms with Gasteiger partial charge in [0, 0.05) is 37.7 Å². The number of hydrogen-bond acceptors (Lipinski definition) is 5. The maximum absolute atomic E-state index is 12.5. The Hall–Kier alpha value is -1.79. The van der Waals surface area contributed by atoms with Gasteiger partial charge in [-0.2, -0.15) is 0 Å². The molecule has 26 heavy (non-hydrogen) atoms. The molecule has 1 aliphatic carbocycles. The average Bonchev–Trinajstić information content (AvgIpc) is 3.10. The molecule has 6 heteroatoms. The van der Waals surface area contributed by atoms with Crippen LogP contribution in [-0.4, -0.2) is 47.9 Å². The number of benzene rings is 1. The van der Waals surface area contributed by atoms with E-state index in [1.54, 1.807) is 0 Å². The van der Waals surface area contributed by atoms with Crippen molar-refractivity contribution in [2.24, 2.45) is 0 Å². The lowest BCUT2D eigenvalue weighted by atomic mass is 10.1. The lowest BCUT2D eigenvalue weighted by molar-refractivity contribution is -0.136. The summed E-state index contributed by atoms with van der Waals surface area (Å²) in [6.45, 7) is 8.03. The van der Waals surface area contributed by atoms with E-state index in [0.717, 1.165) is 56.0 Å². The fraction of sp³-hybridized carbons (Fsp3) is 0.650. The Kier molecular flexibility index (Phi) is 4.35. The topological polar surface area (TPSA) is 60.0 Å². The van der Waals surface area contributed by atoms with Gasteiger partial charge in [-0.05, 0) is 45.7 Å². The average molecular weight is 360 g/mol. The van der Waals surface area contributed by atoms with E-state index in [1.807, 2.05) is 25.1 Å². The lowest BCUT2D eigenvalue weighted by Gasteiger charge is -2.41. The first-order chi connectivity index (χ1) is 12.3. The molecule has 2 aliphatic heterocycles. The highest BCUT2D eigenvalue weighted by Crippen LogP contribution is 2.47. The van der Waals surface area contributed by atoms with E-state index in [2.05, 4.69) is 24.1 Å². The molecule has 0 aromatic heterocycles. The second-order valence-corrected chi connectivity index (χ2v) is 8.39. The lowest BCUT2D eigenvalue weighted by Crippen LogP contribution is -2.53. The molecule has 1 saturated heterocycles. The number of hydrogen-bond donors (Lipinski definition) is 1. The maximum Gasteiger partial charge on any atom is 0.251 e. The third-order valence-corrected chi connectivity index (χ3v) is 5.19. The highest BCUT2D eigenvalue weighted by atomic mass is 16.7. The monoisotopic (exact) mass is 360 g/mol. The summed E-state index contributed by atoms with van der Waals surface area (Å²) in [6.07, 6.45) is 4.24. The highest BCUT2D eigenvalue weighted by molar-refractivity contribution is 5.92. The quantitative estimate of drug-likeness (QED) is 0.897. The number of morpholine rings is 1. The van der Waals surface area contributed by atoms with Gasteiger partial charge in [0.25, 0.3) is 5.79 Å². The van der Waals surface area contributed by atoms with Crippen molar-refractivity contribution in [1.82, 2.24) is 4.90 Å². The Morgan fingerprint density at radius 2 is 1.96 bits per heavy atom. The molecule has 1 amide bonds. The van der Waals surface area contributed by atoms with E-state index >= 15 is 0 Å². The van der Waals surface area contributed by atoms with Crippen LogP contribution in [0.2, 0.25) is 0 Å². The van der Waals surface area contributed by atoms with Crippen LogP contribution >= 0.6 is 0 Å². The van der Waals surface area contributed by atoms with Crippen LogP contribution in [0.4, 0.5) is 5.69 Å². The summed E-state index contributed by atoms with van der Waals surface area (Å²) in [5, 5.41) is 2.98. The number of carbonyl (C=O) groups is 1. The van der Waals surface area contributed by atoms with Crippen molar-refractivity contribution in [2.45, 2.75) is 63.9 Å². The molecule has 2 heterocycles. The van der Waals surface area contributed by atoms with Crippen molar-refractivity contribution in [2.75, 3.05) is 25.0 Å². The minimum absolute atomic E-state index is 0.0238. The molecule has 1 saturated carbocycles. The molecule has 0 radical (unpaired) electrons. The summed E-state index contributed by atoms with van der Waals surface area (Å²) in [4.78, 5) is 14.6. The largest absolute Gasteiger partial charge is 0.448 e. The predicted molar refractivity (Wildman–Crippen MR) is 98.6 cm³/mol. The number of fused-ring (bicyclic) bond motifs is 1. The highest BCUT2D eigenvalue weighted by Gasteiger charge is 2.44. The zero-order chi connectivity index (χ0) is 18.4. The predicted octanol–water partition coefficient (Wildman–Crippen LogP) is 3.17. The molecule has 1 aromatic carbocycles. The molecule has 1 N–H and O–H groups in total. The van der Waals surface area contributed by atoms with Crippen LogP contribution in [0.1, 0.15) is 46.5 Å². The second kappa shape index (κ2) is 6.43. The second-order valence-electron chi connectivity index (χ2n) is 8.39. The van der Waals surface area contributed by atoms with Crippen molar-refractivity contribution in [3.8, 4) is 11.5 Å². The Balaban J connectivity index is 1.37. The minimum Gasteiger partial charge on any atom is -0.448 e. The Morgan fingerprint density at radius 1 is 1.23 bits per heavy atom. The van der Waals surface area contributed by atoms with Crippen LogP contribution in [0.25, 0.3) is 0 Å². The van der Waals surface area contributed by atoms with E-state index in [9.17, 15) is 4.79 Å². The van der Waals surface area contributed by atoms with E-state index < -0.39 is 5.79 Å². The fourth-order valence-electron chi connectivity index (χ4n) is 4.40. The van der Waals surface area contributed by atoms with Gasteiger partial charge in [0.1, 0.15) is 0 Å². The fourth-order valence-corrected chi connectivity index (χ4v) is 4.40. The molecule has 142 valence electrons.